The van der Waals surface area contributed by atoms with Crippen molar-refractivity contribution in [2.45, 2.75) is 71.5 Å². The van der Waals surface area contributed by atoms with Gasteiger partial charge in [-0.1, -0.05) is 6.07 Å². The number of rotatable bonds is 2. The topological polar surface area (TPSA) is 44.6 Å². The van der Waals surface area contributed by atoms with Gasteiger partial charge in [0.1, 0.15) is 11.6 Å². The van der Waals surface area contributed by atoms with Crippen LogP contribution in [0.1, 0.15) is 69.3 Å². The molecule has 2 aliphatic heterocycles. The van der Waals surface area contributed by atoms with E-state index < -0.39 is 0 Å². The van der Waals surface area contributed by atoms with Crippen LogP contribution in [0.25, 0.3) is 0 Å². The van der Waals surface area contributed by atoms with E-state index in [2.05, 4.69) is 24.2 Å². The third-order valence-electron chi connectivity index (χ3n) is 5.66. The molecule has 3 atom stereocenters. The summed E-state index contributed by atoms with van der Waals surface area (Å²) in [6, 6.07) is 11.4. The molecule has 3 unspecified atom stereocenters. The first-order chi connectivity index (χ1) is 14.3. The minimum absolute atomic E-state index is 0. The van der Waals surface area contributed by atoms with Crippen LogP contribution < -0.4 is 34.9 Å². The molecule has 2 heterocycles. The molecule has 0 saturated carbocycles. The Morgan fingerprint density at radius 1 is 0.938 bits per heavy atom. The predicted octanol–water partition coefficient (Wildman–Crippen LogP) is 2.40. The van der Waals surface area contributed by atoms with E-state index in [9.17, 15) is 8.78 Å². The molecule has 4 rings (SSSR count). The maximum atomic E-state index is 12.9. The molecule has 169 valence electrons. The Balaban J connectivity index is 0. The van der Waals surface area contributed by atoms with E-state index in [1.165, 1.54) is 18.1 Å². The van der Waals surface area contributed by atoms with Crippen LogP contribution >= 0.6 is 0 Å². The average Bonchev–Trinajstić information content (AvgIpc) is 3.32. The molecule has 2 aromatic carbocycles. The fourth-order valence-electron chi connectivity index (χ4n) is 4.10. The predicted molar refractivity (Wildman–Crippen MR) is 127 cm³/mol. The molecule has 0 spiro atoms. The molecular weight excluding hydrogens is 416 g/mol. The Hall–Kier alpha value is -1.05. The molecule has 0 aromatic heterocycles. The van der Waals surface area contributed by atoms with Crippen LogP contribution in [-0.2, 0) is 0 Å². The van der Waals surface area contributed by atoms with Crippen LogP contribution in [-0.4, -0.2) is 38.4 Å². The molecule has 2 aromatic rings. The number of aliphatic hydroxyl groups excluding tert-OH is 1. The maximum absolute atomic E-state index is 12.9. The summed E-state index contributed by atoms with van der Waals surface area (Å²) in [5.41, 5.74) is 5.52. The van der Waals surface area contributed by atoms with Gasteiger partial charge in [0.2, 0.25) is 0 Å². The molecule has 0 amide bonds. The second-order valence-electron chi connectivity index (χ2n) is 8.12. The number of hydrogen-bond acceptors (Lipinski definition) is 3. The van der Waals surface area contributed by atoms with Gasteiger partial charge in [0.25, 0.3) is 0 Å². The smallest absolute Gasteiger partial charge is 1.00 e. The Labute approximate surface area is 217 Å². The summed E-state index contributed by atoms with van der Waals surface area (Å²) in [4.78, 5) is 4.54. The number of aryl methyl sites for hydroxylation is 2. The van der Waals surface area contributed by atoms with Crippen LogP contribution in [0.5, 0.6) is 0 Å². The van der Waals surface area contributed by atoms with Crippen molar-refractivity contribution in [1.29, 1.82) is 0 Å². The number of aliphatic imine (C=N–C) groups is 1. The normalized spacial score (nSPS) is 21.1. The van der Waals surface area contributed by atoms with E-state index in [4.69, 9.17) is 5.11 Å². The minimum atomic E-state index is -0.169. The molecule has 1 fully saturated rings. The second-order valence-corrected chi connectivity index (χ2v) is 8.12. The first kappa shape index (κ1) is 31.0. The van der Waals surface area contributed by atoms with Crippen molar-refractivity contribution < 1.29 is 44.9 Å². The zero-order valence-corrected chi connectivity index (χ0v) is 22.3. The van der Waals surface area contributed by atoms with Crippen molar-refractivity contribution in [2.75, 3.05) is 7.11 Å². The molecule has 2 N–H and O–H groups in total. The van der Waals surface area contributed by atoms with Gasteiger partial charge in [-0.2, -0.15) is 0 Å². The van der Waals surface area contributed by atoms with Gasteiger partial charge >= 0.3 is 29.6 Å². The van der Waals surface area contributed by atoms with Crippen LogP contribution in [0.15, 0.2) is 41.4 Å². The third-order valence-corrected chi connectivity index (χ3v) is 5.66. The van der Waals surface area contributed by atoms with Crippen LogP contribution in [0.4, 0.5) is 8.78 Å². The van der Waals surface area contributed by atoms with Gasteiger partial charge in [-0.05, 0) is 106 Å². The molecule has 7 heteroatoms. The van der Waals surface area contributed by atoms with Gasteiger partial charge in [0.05, 0.1) is 0 Å². The van der Waals surface area contributed by atoms with Crippen molar-refractivity contribution in [1.82, 2.24) is 5.32 Å². The molecule has 3 radical (unpaired) electrons. The molecule has 1 saturated heterocycles. The first-order valence-corrected chi connectivity index (χ1v) is 10.6. The van der Waals surface area contributed by atoms with Crippen LogP contribution in [0.3, 0.4) is 0 Å². The molecule has 0 aliphatic carbocycles. The molecule has 2 aliphatic rings. The largest absolute Gasteiger partial charge is 1.00 e. The van der Waals surface area contributed by atoms with E-state index in [0.29, 0.717) is 18.1 Å². The van der Waals surface area contributed by atoms with Gasteiger partial charge in [-0.3, -0.25) is 4.99 Å². The van der Waals surface area contributed by atoms with Gasteiger partial charge in [0, 0.05) is 39.4 Å². The Morgan fingerprint density at radius 2 is 1.53 bits per heavy atom. The number of aliphatic hydroxyl groups is 1. The standard InChI is InChI=1S/C12H16FN.C12H14FN.CH4O.B.Na.H/c2*1-8-7-10(13)4-5-11(8)12-6-3-9(2)14-12;1-2;;;/h4-5,7,9,12,14H,3,6H2,1-2H3;4-5,7,9H,3,6H2,1-2H3;2H,1H3;;;/q;;;;+1;-1. The van der Waals surface area contributed by atoms with E-state index in [0.717, 1.165) is 48.8 Å². The van der Waals surface area contributed by atoms with Crippen molar-refractivity contribution in [3.8, 4) is 0 Å². The van der Waals surface area contributed by atoms with Gasteiger partial charge in [-0.25, -0.2) is 8.78 Å². The third kappa shape index (κ3) is 8.71. The van der Waals surface area contributed by atoms with Gasteiger partial charge < -0.3 is 11.8 Å². The zero-order valence-electron chi connectivity index (χ0n) is 21.3. The molecule has 32 heavy (non-hydrogen) atoms. The summed E-state index contributed by atoms with van der Waals surface area (Å²) >= 11 is 0. The second kappa shape index (κ2) is 15.0. The summed E-state index contributed by atoms with van der Waals surface area (Å²) in [5, 5.41) is 10.5. The number of benzene rings is 2. The Kier molecular flexibility index (Phi) is 14.5. The van der Waals surface area contributed by atoms with E-state index in [1.807, 2.05) is 26.0 Å². The summed E-state index contributed by atoms with van der Waals surface area (Å²) < 4.78 is 25.8. The maximum Gasteiger partial charge on any atom is 1.00 e. The number of nitrogens with one attached hydrogen (secondary N) is 1. The summed E-state index contributed by atoms with van der Waals surface area (Å²) in [7, 11) is 1.00. The van der Waals surface area contributed by atoms with E-state index in [1.54, 1.807) is 18.2 Å². The monoisotopic (exact) mass is 451 g/mol. The Bertz CT molecular complexity index is 885. The van der Waals surface area contributed by atoms with Crippen molar-refractivity contribution in [3.05, 3.63) is 70.3 Å². The van der Waals surface area contributed by atoms with Crippen molar-refractivity contribution in [2.24, 2.45) is 4.99 Å². The van der Waals surface area contributed by atoms with Crippen LogP contribution in [0, 0.1) is 25.5 Å². The molecule has 3 nitrogen and oxygen atoms in total. The summed E-state index contributed by atoms with van der Waals surface area (Å²) in [6.07, 6.45) is 4.51. The molecule has 0 bridgehead atoms. The fraction of sp³-hybridized carbons (Fsp3) is 0.480. The number of hydrogen-bond donors (Lipinski definition) is 2. The number of nitrogens with zero attached hydrogens (tertiary/aromatic N) is 1. The summed E-state index contributed by atoms with van der Waals surface area (Å²) in [6.45, 7) is 8.22. The van der Waals surface area contributed by atoms with E-state index >= 15 is 0 Å². The summed E-state index contributed by atoms with van der Waals surface area (Å²) in [5.74, 6) is -0.310. The first-order valence-electron chi connectivity index (χ1n) is 10.6. The number of halogens is 2. The van der Waals surface area contributed by atoms with Crippen LogP contribution in [0.2, 0.25) is 0 Å². The van der Waals surface area contributed by atoms with Crippen molar-refractivity contribution in [3.63, 3.8) is 0 Å². The molecular formula is C25H35BF2N2NaO. The SMILES string of the molecule is CO.Cc1cc(F)ccc1C1=NC(C)CC1.Cc1cc(F)ccc1C1CCC(C)N1.[B].[H-].[Na+]. The van der Waals surface area contributed by atoms with E-state index in [-0.39, 0.29) is 51.0 Å². The quantitative estimate of drug-likeness (QED) is 0.689. The zero-order chi connectivity index (χ0) is 22.3. The Morgan fingerprint density at radius 3 is 2.00 bits per heavy atom. The van der Waals surface area contributed by atoms with Gasteiger partial charge in [0.15, 0.2) is 0 Å². The average molecular weight is 451 g/mol. The van der Waals surface area contributed by atoms with Crippen molar-refractivity contribution >= 4 is 14.1 Å². The fourth-order valence-corrected chi connectivity index (χ4v) is 4.10. The minimum Gasteiger partial charge on any atom is -1.00 e. The van der Waals surface area contributed by atoms with Gasteiger partial charge in [-0.15, -0.1) is 0 Å².